The second-order valence-electron chi connectivity index (χ2n) is 5.00. The van der Waals surface area contributed by atoms with Gasteiger partial charge in [-0.15, -0.1) is 0 Å². The molecule has 5 nitrogen and oxygen atoms in total. The Morgan fingerprint density at radius 1 is 1.38 bits per heavy atom. The minimum absolute atomic E-state index is 0.225. The van der Waals surface area contributed by atoms with Gasteiger partial charge in [-0.2, -0.15) is 5.10 Å². The Balaban J connectivity index is 2.00. The molecule has 1 aromatic heterocycles. The van der Waals surface area contributed by atoms with Gasteiger partial charge in [0.15, 0.2) is 0 Å². The highest BCUT2D eigenvalue weighted by Gasteiger charge is 2.20. The average molecular weight is 287 g/mol. The van der Waals surface area contributed by atoms with Gasteiger partial charge in [-0.1, -0.05) is 30.3 Å². The quantitative estimate of drug-likeness (QED) is 0.823. The first kappa shape index (κ1) is 15.3. The highest BCUT2D eigenvalue weighted by molar-refractivity contribution is 5.78. The smallest absolute Gasteiger partial charge is 0.314 e. The fraction of sp³-hybridized carbons (Fsp3) is 0.375. The van der Waals surface area contributed by atoms with E-state index in [1.165, 1.54) is 7.11 Å². The van der Waals surface area contributed by atoms with Crippen LogP contribution in [0, 0.1) is 6.92 Å². The lowest BCUT2D eigenvalue weighted by Crippen LogP contribution is -2.27. The zero-order valence-electron chi connectivity index (χ0n) is 12.7. The highest BCUT2D eigenvalue weighted by atomic mass is 16.5. The van der Waals surface area contributed by atoms with Crippen molar-refractivity contribution in [3.05, 3.63) is 53.3 Å². The number of carbonyl (C=O) groups is 1. The van der Waals surface area contributed by atoms with Crippen LogP contribution in [0.15, 0.2) is 36.5 Å². The highest BCUT2D eigenvalue weighted by Crippen LogP contribution is 2.16. The molecule has 1 aromatic carbocycles. The Morgan fingerprint density at radius 3 is 2.67 bits per heavy atom. The molecule has 0 amide bonds. The molecule has 21 heavy (non-hydrogen) atoms. The summed E-state index contributed by atoms with van der Waals surface area (Å²) in [6, 6.07) is 9.68. The van der Waals surface area contributed by atoms with E-state index >= 15 is 0 Å². The third-order valence-corrected chi connectivity index (χ3v) is 3.69. The molecule has 5 heteroatoms. The number of methoxy groups -OCH3 is 1. The molecular formula is C16H21N3O2. The monoisotopic (exact) mass is 287 g/mol. The Hall–Kier alpha value is -2.14. The van der Waals surface area contributed by atoms with Gasteiger partial charge in [0.1, 0.15) is 0 Å². The van der Waals surface area contributed by atoms with Crippen LogP contribution in [0.2, 0.25) is 0 Å². The van der Waals surface area contributed by atoms with Crippen LogP contribution in [-0.4, -0.2) is 29.4 Å². The van der Waals surface area contributed by atoms with Crippen molar-refractivity contribution in [2.75, 3.05) is 13.7 Å². The van der Waals surface area contributed by atoms with Gasteiger partial charge in [-0.25, -0.2) is 0 Å². The normalized spacial score (nSPS) is 12.1. The standard InChI is InChI=1S/C16H21N3O2/c1-12-14(10-18-19(12)2)9-17-11-15(16(20)21-3)13-7-5-4-6-8-13/h4-8,10,15,17H,9,11H2,1-3H3. The van der Waals surface area contributed by atoms with Gasteiger partial charge >= 0.3 is 5.97 Å². The lowest BCUT2D eigenvalue weighted by atomic mass is 9.99. The summed E-state index contributed by atoms with van der Waals surface area (Å²) < 4.78 is 6.74. The van der Waals surface area contributed by atoms with E-state index in [1.807, 2.05) is 55.2 Å². The van der Waals surface area contributed by atoms with E-state index in [0.717, 1.165) is 16.8 Å². The van der Waals surface area contributed by atoms with E-state index in [4.69, 9.17) is 4.74 Å². The SMILES string of the molecule is COC(=O)C(CNCc1cnn(C)c1C)c1ccccc1. The first-order valence-corrected chi connectivity index (χ1v) is 6.94. The van der Waals surface area contributed by atoms with Crippen molar-refractivity contribution in [2.45, 2.75) is 19.4 Å². The summed E-state index contributed by atoms with van der Waals surface area (Å²) in [5.41, 5.74) is 3.21. The molecule has 0 bridgehead atoms. The van der Waals surface area contributed by atoms with Gasteiger partial charge < -0.3 is 10.1 Å². The van der Waals surface area contributed by atoms with Crippen molar-refractivity contribution >= 4 is 5.97 Å². The van der Waals surface area contributed by atoms with Crippen LogP contribution in [0.3, 0.4) is 0 Å². The van der Waals surface area contributed by atoms with E-state index in [2.05, 4.69) is 10.4 Å². The summed E-state index contributed by atoms with van der Waals surface area (Å²) in [6.45, 7) is 3.24. The number of rotatable bonds is 6. The predicted octanol–water partition coefficient (Wildman–Crippen LogP) is 1.77. The van der Waals surface area contributed by atoms with Crippen LogP contribution in [0.1, 0.15) is 22.7 Å². The summed E-state index contributed by atoms with van der Waals surface area (Å²) in [5.74, 6) is -0.523. The number of nitrogens with one attached hydrogen (secondary N) is 1. The second-order valence-corrected chi connectivity index (χ2v) is 5.00. The van der Waals surface area contributed by atoms with Crippen LogP contribution in [0.5, 0.6) is 0 Å². The van der Waals surface area contributed by atoms with Gasteiger partial charge in [0.05, 0.1) is 19.2 Å². The Morgan fingerprint density at radius 2 is 2.10 bits per heavy atom. The van der Waals surface area contributed by atoms with E-state index in [-0.39, 0.29) is 11.9 Å². The number of aryl methyl sites for hydroxylation is 1. The van der Waals surface area contributed by atoms with Crippen LogP contribution < -0.4 is 5.32 Å². The summed E-state index contributed by atoms with van der Waals surface area (Å²) in [6.07, 6.45) is 1.85. The molecule has 1 unspecified atom stereocenters. The van der Waals surface area contributed by atoms with Crippen LogP contribution in [-0.2, 0) is 23.1 Å². The minimum Gasteiger partial charge on any atom is -0.469 e. The lowest BCUT2D eigenvalue weighted by Gasteiger charge is -2.15. The average Bonchev–Trinajstić information content (AvgIpc) is 2.83. The maximum Gasteiger partial charge on any atom is 0.314 e. The summed E-state index contributed by atoms with van der Waals surface area (Å²) in [5, 5.41) is 7.52. The molecule has 0 aliphatic heterocycles. The molecule has 0 aliphatic carbocycles. The number of hydrogen-bond donors (Lipinski definition) is 1. The third-order valence-electron chi connectivity index (χ3n) is 3.69. The van der Waals surface area contributed by atoms with E-state index in [9.17, 15) is 4.79 Å². The van der Waals surface area contributed by atoms with Crippen molar-refractivity contribution in [3.8, 4) is 0 Å². The number of aromatic nitrogens is 2. The lowest BCUT2D eigenvalue weighted by molar-refractivity contribution is -0.142. The largest absolute Gasteiger partial charge is 0.469 e. The van der Waals surface area contributed by atoms with Crippen LogP contribution in [0.4, 0.5) is 0 Å². The van der Waals surface area contributed by atoms with Crippen LogP contribution in [0.25, 0.3) is 0 Å². The van der Waals surface area contributed by atoms with E-state index < -0.39 is 0 Å². The molecule has 0 spiro atoms. The molecule has 112 valence electrons. The molecule has 2 rings (SSSR count). The van der Waals surface area contributed by atoms with Gasteiger partial charge in [0, 0.05) is 31.4 Å². The number of hydrogen-bond acceptors (Lipinski definition) is 4. The molecule has 0 saturated carbocycles. The van der Waals surface area contributed by atoms with Gasteiger partial charge in [-0.05, 0) is 12.5 Å². The molecular weight excluding hydrogens is 266 g/mol. The number of ether oxygens (including phenoxy) is 1. The minimum atomic E-state index is -0.298. The van der Waals surface area contributed by atoms with Crippen molar-refractivity contribution in [1.29, 1.82) is 0 Å². The second kappa shape index (κ2) is 7.04. The molecule has 0 saturated heterocycles. The molecule has 0 aliphatic rings. The Bertz CT molecular complexity index is 593. The first-order chi connectivity index (χ1) is 10.1. The van der Waals surface area contributed by atoms with E-state index in [0.29, 0.717) is 13.1 Å². The van der Waals surface area contributed by atoms with Crippen molar-refractivity contribution in [2.24, 2.45) is 7.05 Å². The number of benzene rings is 1. The van der Waals surface area contributed by atoms with Crippen LogP contribution >= 0.6 is 0 Å². The topological polar surface area (TPSA) is 56.1 Å². The van der Waals surface area contributed by atoms with Gasteiger partial charge in [0.25, 0.3) is 0 Å². The Labute approximate surface area is 124 Å². The Kier molecular flexibility index (Phi) is 5.11. The molecule has 1 heterocycles. The maximum absolute atomic E-state index is 11.9. The fourth-order valence-electron chi connectivity index (χ4n) is 2.23. The first-order valence-electron chi connectivity index (χ1n) is 6.94. The number of carbonyl (C=O) groups excluding carboxylic acids is 1. The summed E-state index contributed by atoms with van der Waals surface area (Å²) in [4.78, 5) is 11.9. The maximum atomic E-state index is 11.9. The zero-order chi connectivity index (χ0) is 15.2. The fourth-order valence-corrected chi connectivity index (χ4v) is 2.23. The molecule has 1 atom stereocenters. The predicted molar refractivity (Wildman–Crippen MR) is 80.9 cm³/mol. The van der Waals surface area contributed by atoms with Crippen molar-refractivity contribution in [3.63, 3.8) is 0 Å². The van der Waals surface area contributed by atoms with Gasteiger partial charge in [-0.3, -0.25) is 9.48 Å². The molecule has 2 aromatic rings. The van der Waals surface area contributed by atoms with Crippen molar-refractivity contribution < 1.29 is 9.53 Å². The van der Waals surface area contributed by atoms with Gasteiger partial charge in [0.2, 0.25) is 0 Å². The number of esters is 1. The third kappa shape index (κ3) is 3.70. The summed E-state index contributed by atoms with van der Waals surface area (Å²) >= 11 is 0. The van der Waals surface area contributed by atoms with Crippen molar-refractivity contribution in [1.82, 2.24) is 15.1 Å². The van der Waals surface area contributed by atoms with E-state index in [1.54, 1.807) is 0 Å². The molecule has 0 fully saturated rings. The summed E-state index contributed by atoms with van der Waals surface area (Å²) in [7, 11) is 3.34. The molecule has 1 N–H and O–H groups in total. The molecule has 0 radical (unpaired) electrons. The zero-order valence-corrected chi connectivity index (χ0v) is 12.7. The number of nitrogens with zero attached hydrogens (tertiary/aromatic N) is 2.